The second-order valence-electron chi connectivity index (χ2n) is 2.64. The van der Waals surface area contributed by atoms with Crippen LogP contribution in [0.1, 0.15) is 13.3 Å². The molecule has 1 unspecified atom stereocenters. The van der Waals surface area contributed by atoms with Crippen LogP contribution < -0.4 is 0 Å². The maximum absolute atomic E-state index is 11.0. The average molecular weight is 161 g/mol. The van der Waals surface area contributed by atoms with Crippen molar-refractivity contribution in [2.45, 2.75) is 13.3 Å². The minimum Gasteiger partial charge on any atom is -0.303 e. The molecule has 1 heterocycles. The molecule has 0 aromatic rings. The van der Waals surface area contributed by atoms with E-state index in [1.807, 2.05) is 0 Å². The van der Waals surface area contributed by atoms with Crippen molar-refractivity contribution in [1.82, 2.24) is 4.90 Å². The van der Waals surface area contributed by atoms with E-state index in [2.05, 4.69) is 11.8 Å². The Bertz CT molecular complexity index is 127. The van der Waals surface area contributed by atoms with Gasteiger partial charge >= 0.3 is 0 Å². The highest BCUT2D eigenvalue weighted by molar-refractivity contribution is 7.85. The number of hydrogen-bond acceptors (Lipinski definition) is 2. The van der Waals surface area contributed by atoms with Gasteiger partial charge in [-0.25, -0.2) is 0 Å². The van der Waals surface area contributed by atoms with Crippen LogP contribution in [0.25, 0.3) is 0 Å². The summed E-state index contributed by atoms with van der Waals surface area (Å²) in [6.07, 6.45) is 1.11. The summed E-state index contributed by atoms with van der Waals surface area (Å²) >= 11 is 0. The zero-order chi connectivity index (χ0) is 7.40. The van der Waals surface area contributed by atoms with Gasteiger partial charge < -0.3 is 4.90 Å². The zero-order valence-corrected chi connectivity index (χ0v) is 7.32. The van der Waals surface area contributed by atoms with Crippen LogP contribution in [0.4, 0.5) is 0 Å². The van der Waals surface area contributed by atoms with E-state index in [1.165, 1.54) is 0 Å². The van der Waals surface area contributed by atoms with Crippen molar-refractivity contribution in [2.75, 3.05) is 31.1 Å². The molecule has 2 nitrogen and oxygen atoms in total. The Balaban J connectivity index is 2.33. The normalized spacial score (nSPS) is 29.9. The van der Waals surface area contributed by atoms with Crippen LogP contribution in [0.5, 0.6) is 0 Å². The minimum atomic E-state index is -0.522. The van der Waals surface area contributed by atoms with E-state index in [0.29, 0.717) is 0 Å². The van der Waals surface area contributed by atoms with E-state index in [4.69, 9.17) is 0 Å². The predicted octanol–water partition coefficient (Wildman–Crippen LogP) is 0.461. The van der Waals surface area contributed by atoms with Crippen LogP contribution in [-0.2, 0) is 10.8 Å². The lowest BCUT2D eigenvalue weighted by Crippen LogP contribution is -2.25. The van der Waals surface area contributed by atoms with Crippen molar-refractivity contribution in [3.05, 3.63) is 0 Å². The third-order valence-electron chi connectivity index (χ3n) is 1.93. The second-order valence-corrected chi connectivity index (χ2v) is 4.33. The van der Waals surface area contributed by atoms with Crippen LogP contribution in [0.15, 0.2) is 0 Å². The van der Waals surface area contributed by atoms with Gasteiger partial charge in [0, 0.05) is 28.9 Å². The molecule has 1 fully saturated rings. The standard InChI is InChI=1S/C7H15NOS/c1-2-8-4-3-6-10(9)7-5-8/h2-7H2,1H3. The Morgan fingerprint density at radius 1 is 1.40 bits per heavy atom. The van der Waals surface area contributed by atoms with E-state index in [0.717, 1.165) is 37.6 Å². The highest BCUT2D eigenvalue weighted by atomic mass is 32.2. The van der Waals surface area contributed by atoms with Crippen molar-refractivity contribution in [1.29, 1.82) is 0 Å². The SMILES string of the molecule is CCN1CCCS(=O)CC1. The number of rotatable bonds is 1. The first-order valence-corrected chi connectivity index (χ1v) is 5.39. The lowest BCUT2D eigenvalue weighted by atomic mass is 10.4. The molecule has 3 heteroatoms. The van der Waals surface area contributed by atoms with Crippen LogP contribution in [0.2, 0.25) is 0 Å². The molecule has 10 heavy (non-hydrogen) atoms. The lowest BCUT2D eigenvalue weighted by Gasteiger charge is -2.15. The fourth-order valence-electron chi connectivity index (χ4n) is 1.21. The van der Waals surface area contributed by atoms with Crippen LogP contribution >= 0.6 is 0 Å². The maximum atomic E-state index is 11.0. The van der Waals surface area contributed by atoms with E-state index >= 15 is 0 Å². The fourth-order valence-corrected chi connectivity index (χ4v) is 2.33. The Kier molecular flexibility index (Phi) is 3.35. The van der Waals surface area contributed by atoms with Gasteiger partial charge in [-0.2, -0.15) is 0 Å². The molecule has 0 saturated carbocycles. The van der Waals surface area contributed by atoms with Gasteiger partial charge in [-0.3, -0.25) is 4.21 Å². The van der Waals surface area contributed by atoms with Gasteiger partial charge in [0.2, 0.25) is 0 Å². The summed E-state index contributed by atoms with van der Waals surface area (Å²) < 4.78 is 11.0. The molecular weight excluding hydrogens is 146 g/mol. The summed E-state index contributed by atoms with van der Waals surface area (Å²) in [6, 6.07) is 0. The van der Waals surface area contributed by atoms with Gasteiger partial charge in [-0.05, 0) is 19.5 Å². The predicted molar refractivity (Wildman–Crippen MR) is 44.6 cm³/mol. The molecular formula is C7H15NOS. The molecule has 0 spiro atoms. The molecule has 0 aromatic carbocycles. The van der Waals surface area contributed by atoms with Crippen molar-refractivity contribution in [3.63, 3.8) is 0 Å². The van der Waals surface area contributed by atoms with Gasteiger partial charge in [-0.1, -0.05) is 6.92 Å². The monoisotopic (exact) mass is 161 g/mol. The zero-order valence-electron chi connectivity index (χ0n) is 6.51. The smallest absolute Gasteiger partial charge is 0.0362 e. The fraction of sp³-hybridized carbons (Fsp3) is 1.00. The quantitative estimate of drug-likeness (QED) is 0.557. The summed E-state index contributed by atoms with van der Waals surface area (Å²) in [4.78, 5) is 2.37. The third kappa shape index (κ3) is 2.39. The van der Waals surface area contributed by atoms with Crippen LogP contribution in [0, 0.1) is 0 Å². The minimum absolute atomic E-state index is 0.522. The summed E-state index contributed by atoms with van der Waals surface area (Å²) in [5, 5.41) is 0. The van der Waals surface area contributed by atoms with Gasteiger partial charge in [0.1, 0.15) is 0 Å². The van der Waals surface area contributed by atoms with Gasteiger partial charge in [0.05, 0.1) is 0 Å². The summed E-state index contributed by atoms with van der Waals surface area (Å²) in [7, 11) is -0.522. The van der Waals surface area contributed by atoms with Crippen molar-refractivity contribution in [3.8, 4) is 0 Å². The molecule has 1 aliphatic rings. The second kappa shape index (κ2) is 4.09. The molecule has 0 aromatic heterocycles. The molecule has 0 N–H and O–H groups in total. The highest BCUT2D eigenvalue weighted by Gasteiger charge is 2.10. The molecule has 1 atom stereocenters. The molecule has 0 aliphatic carbocycles. The van der Waals surface area contributed by atoms with Crippen molar-refractivity contribution >= 4 is 10.8 Å². The van der Waals surface area contributed by atoms with Crippen LogP contribution in [-0.4, -0.2) is 40.2 Å². The Morgan fingerprint density at radius 3 is 2.90 bits per heavy atom. The van der Waals surface area contributed by atoms with Gasteiger partial charge in [-0.15, -0.1) is 0 Å². The molecule has 60 valence electrons. The molecule has 1 rings (SSSR count). The molecule has 0 radical (unpaired) electrons. The topological polar surface area (TPSA) is 20.3 Å². The first-order chi connectivity index (χ1) is 4.83. The Hall–Kier alpha value is 0.110. The van der Waals surface area contributed by atoms with Gasteiger partial charge in [0.25, 0.3) is 0 Å². The number of nitrogens with zero attached hydrogens (tertiary/aromatic N) is 1. The summed E-state index contributed by atoms with van der Waals surface area (Å²) in [5.74, 6) is 1.80. The Labute approximate surface area is 65.1 Å². The molecule has 0 bridgehead atoms. The number of hydrogen-bond donors (Lipinski definition) is 0. The Morgan fingerprint density at radius 2 is 2.20 bits per heavy atom. The van der Waals surface area contributed by atoms with E-state index in [-0.39, 0.29) is 0 Å². The van der Waals surface area contributed by atoms with Crippen molar-refractivity contribution in [2.24, 2.45) is 0 Å². The first-order valence-electron chi connectivity index (χ1n) is 3.90. The van der Waals surface area contributed by atoms with E-state index in [9.17, 15) is 4.21 Å². The third-order valence-corrected chi connectivity index (χ3v) is 3.31. The molecule has 1 aliphatic heterocycles. The largest absolute Gasteiger partial charge is 0.303 e. The molecule has 1 saturated heterocycles. The highest BCUT2D eigenvalue weighted by Crippen LogP contribution is 2.00. The maximum Gasteiger partial charge on any atom is 0.0362 e. The first kappa shape index (κ1) is 8.21. The lowest BCUT2D eigenvalue weighted by molar-refractivity contribution is 0.312. The van der Waals surface area contributed by atoms with Crippen molar-refractivity contribution < 1.29 is 4.21 Å². The summed E-state index contributed by atoms with van der Waals surface area (Å²) in [5.41, 5.74) is 0. The van der Waals surface area contributed by atoms with E-state index in [1.54, 1.807) is 0 Å². The summed E-state index contributed by atoms with van der Waals surface area (Å²) in [6.45, 7) is 5.44. The molecule has 0 amide bonds. The average Bonchev–Trinajstić information content (AvgIpc) is 2.14. The van der Waals surface area contributed by atoms with Crippen LogP contribution in [0.3, 0.4) is 0 Å². The van der Waals surface area contributed by atoms with E-state index < -0.39 is 10.8 Å². The van der Waals surface area contributed by atoms with Gasteiger partial charge in [0.15, 0.2) is 0 Å².